The molecule has 0 aromatic heterocycles. The van der Waals surface area contributed by atoms with Crippen LogP contribution >= 0.6 is 0 Å². The Balaban J connectivity index is 1.58. The molecule has 22 heavy (non-hydrogen) atoms. The summed E-state index contributed by atoms with van der Waals surface area (Å²) in [5.41, 5.74) is 1.17. The number of fused-ring (bicyclic) bond motifs is 1. The second-order valence-corrected chi connectivity index (χ2v) is 5.34. The molecule has 2 N–H and O–H groups in total. The molecule has 0 spiro atoms. The zero-order chi connectivity index (χ0) is 15.9. The number of imide groups is 1. The summed E-state index contributed by atoms with van der Waals surface area (Å²) in [6.45, 7) is 0.434. The van der Waals surface area contributed by atoms with Gasteiger partial charge >= 0.3 is 6.03 Å². The van der Waals surface area contributed by atoms with Crippen molar-refractivity contribution in [2.24, 2.45) is 0 Å². The highest BCUT2D eigenvalue weighted by Gasteiger charge is 2.31. The van der Waals surface area contributed by atoms with Crippen LogP contribution in [0.2, 0.25) is 0 Å². The number of hydrogen-bond acceptors (Lipinski definition) is 3. The highest BCUT2D eigenvalue weighted by molar-refractivity contribution is 6.04. The van der Waals surface area contributed by atoms with Crippen LogP contribution in [0.1, 0.15) is 24.0 Å². The zero-order valence-electron chi connectivity index (χ0n) is 11.5. The summed E-state index contributed by atoms with van der Waals surface area (Å²) in [6.07, 6.45) is 0.253. The van der Waals surface area contributed by atoms with Gasteiger partial charge in [-0.2, -0.15) is 0 Å². The van der Waals surface area contributed by atoms with Crippen molar-refractivity contribution in [1.82, 2.24) is 15.5 Å². The molecule has 1 aromatic rings. The summed E-state index contributed by atoms with van der Waals surface area (Å²) in [6, 6.07) is 0.920. The van der Waals surface area contributed by atoms with Crippen molar-refractivity contribution in [1.29, 1.82) is 0 Å². The lowest BCUT2D eigenvalue weighted by atomic mass is 10.1. The summed E-state index contributed by atoms with van der Waals surface area (Å²) in [4.78, 5) is 35.9. The Morgan fingerprint density at radius 1 is 1.18 bits per heavy atom. The smallest absolute Gasteiger partial charge is 0.322 e. The van der Waals surface area contributed by atoms with E-state index in [9.17, 15) is 23.2 Å². The highest BCUT2D eigenvalue weighted by Crippen LogP contribution is 2.26. The standard InChI is InChI=1S/C14H13F2N3O3/c15-9-3-7-5-19(6-8(7)4-10(9)16)12(20)2-1-11-13(21)18-14(22)17-11/h3-4,11H,1-2,5-6H2,(H2,17,18,21,22)/t11-/m1/s1. The number of halogens is 2. The molecular weight excluding hydrogens is 296 g/mol. The fourth-order valence-corrected chi connectivity index (χ4v) is 2.66. The molecule has 0 saturated carbocycles. The highest BCUT2D eigenvalue weighted by atomic mass is 19.2. The maximum Gasteiger partial charge on any atom is 0.322 e. The predicted molar refractivity (Wildman–Crippen MR) is 70.3 cm³/mol. The van der Waals surface area contributed by atoms with Crippen molar-refractivity contribution in [3.8, 4) is 0 Å². The van der Waals surface area contributed by atoms with Crippen LogP contribution in [-0.4, -0.2) is 28.8 Å². The third-order valence-electron chi connectivity index (χ3n) is 3.82. The summed E-state index contributed by atoms with van der Waals surface area (Å²) >= 11 is 0. The number of carbonyl (C=O) groups is 3. The summed E-state index contributed by atoms with van der Waals surface area (Å²) in [5, 5.41) is 4.50. The first-order valence-corrected chi connectivity index (χ1v) is 6.80. The minimum atomic E-state index is -0.932. The molecule has 1 fully saturated rings. The van der Waals surface area contributed by atoms with Crippen molar-refractivity contribution < 1.29 is 23.2 Å². The van der Waals surface area contributed by atoms with Gasteiger partial charge in [-0.25, -0.2) is 13.6 Å². The van der Waals surface area contributed by atoms with Crippen molar-refractivity contribution in [3.63, 3.8) is 0 Å². The molecule has 3 rings (SSSR count). The van der Waals surface area contributed by atoms with Crippen LogP contribution in [0.4, 0.5) is 13.6 Å². The number of hydrogen-bond donors (Lipinski definition) is 2. The van der Waals surface area contributed by atoms with E-state index in [4.69, 9.17) is 0 Å². The van der Waals surface area contributed by atoms with E-state index in [1.165, 1.54) is 4.90 Å². The zero-order valence-corrected chi connectivity index (χ0v) is 11.5. The number of nitrogens with one attached hydrogen (secondary N) is 2. The van der Waals surface area contributed by atoms with Gasteiger partial charge in [0.2, 0.25) is 5.91 Å². The molecule has 6 nitrogen and oxygen atoms in total. The molecule has 2 aliphatic heterocycles. The van der Waals surface area contributed by atoms with Gasteiger partial charge in [0, 0.05) is 19.5 Å². The molecule has 2 heterocycles. The van der Waals surface area contributed by atoms with E-state index in [0.29, 0.717) is 11.1 Å². The molecule has 116 valence electrons. The average Bonchev–Trinajstić information content (AvgIpc) is 2.99. The van der Waals surface area contributed by atoms with Crippen LogP contribution in [0.3, 0.4) is 0 Å². The Bertz CT molecular complexity index is 647. The Hall–Kier alpha value is -2.51. The van der Waals surface area contributed by atoms with Gasteiger partial charge in [0.15, 0.2) is 11.6 Å². The third kappa shape index (κ3) is 2.63. The topological polar surface area (TPSA) is 78.5 Å². The number of benzene rings is 1. The van der Waals surface area contributed by atoms with Gasteiger partial charge in [-0.05, 0) is 29.7 Å². The largest absolute Gasteiger partial charge is 0.334 e. The van der Waals surface area contributed by atoms with Gasteiger partial charge in [0.25, 0.3) is 5.91 Å². The van der Waals surface area contributed by atoms with Gasteiger partial charge in [-0.3, -0.25) is 14.9 Å². The van der Waals surface area contributed by atoms with Crippen molar-refractivity contribution in [2.75, 3.05) is 0 Å². The fourth-order valence-electron chi connectivity index (χ4n) is 2.66. The summed E-state index contributed by atoms with van der Waals surface area (Å²) in [7, 11) is 0. The van der Waals surface area contributed by atoms with E-state index >= 15 is 0 Å². The average molecular weight is 309 g/mol. The van der Waals surface area contributed by atoms with Gasteiger partial charge < -0.3 is 10.2 Å². The molecule has 1 atom stereocenters. The normalized spacial score (nSPS) is 19.9. The van der Waals surface area contributed by atoms with Crippen molar-refractivity contribution >= 4 is 17.8 Å². The molecule has 4 amide bonds. The third-order valence-corrected chi connectivity index (χ3v) is 3.82. The number of nitrogens with zero attached hydrogens (tertiary/aromatic N) is 1. The maximum atomic E-state index is 13.2. The molecular formula is C14H13F2N3O3. The molecule has 1 aromatic carbocycles. The maximum absolute atomic E-state index is 13.2. The van der Waals surface area contributed by atoms with Crippen LogP contribution in [0.25, 0.3) is 0 Å². The number of urea groups is 1. The second-order valence-electron chi connectivity index (χ2n) is 5.34. The van der Waals surface area contributed by atoms with Gasteiger partial charge in [0.05, 0.1) is 0 Å². The molecule has 8 heteroatoms. The SMILES string of the molecule is O=C1NC(=O)[C@@H](CCC(=O)N2Cc3cc(F)c(F)cc3C2)N1. The van der Waals surface area contributed by atoms with Crippen LogP contribution in [-0.2, 0) is 22.7 Å². The quantitative estimate of drug-likeness (QED) is 0.811. The Labute approximate surface area is 124 Å². The first-order chi connectivity index (χ1) is 10.4. The number of rotatable bonds is 3. The number of carbonyl (C=O) groups excluding carboxylic acids is 3. The second kappa shape index (κ2) is 5.36. The van der Waals surface area contributed by atoms with Crippen molar-refractivity contribution in [3.05, 3.63) is 34.9 Å². The number of amides is 4. The predicted octanol–water partition coefficient (Wildman–Crippen LogP) is 0.795. The summed E-state index contributed by atoms with van der Waals surface area (Å²) < 4.78 is 26.3. The molecule has 0 aliphatic carbocycles. The van der Waals surface area contributed by atoms with Crippen LogP contribution < -0.4 is 10.6 Å². The van der Waals surface area contributed by atoms with Crippen LogP contribution in [0.15, 0.2) is 12.1 Å². The fraction of sp³-hybridized carbons (Fsp3) is 0.357. The van der Waals surface area contributed by atoms with E-state index in [1.54, 1.807) is 0 Å². The lowest BCUT2D eigenvalue weighted by molar-refractivity contribution is -0.132. The van der Waals surface area contributed by atoms with E-state index in [0.717, 1.165) is 12.1 Å². The summed E-state index contributed by atoms with van der Waals surface area (Å²) in [5.74, 6) is -2.55. The van der Waals surface area contributed by atoms with E-state index < -0.39 is 29.6 Å². The first-order valence-electron chi connectivity index (χ1n) is 6.80. The van der Waals surface area contributed by atoms with Crippen LogP contribution in [0, 0.1) is 11.6 Å². The Morgan fingerprint density at radius 3 is 2.27 bits per heavy atom. The van der Waals surface area contributed by atoms with E-state index in [2.05, 4.69) is 10.6 Å². The lowest BCUT2D eigenvalue weighted by Crippen LogP contribution is -2.32. The van der Waals surface area contributed by atoms with Gasteiger partial charge in [-0.1, -0.05) is 0 Å². The van der Waals surface area contributed by atoms with E-state index in [1.807, 2.05) is 0 Å². The minimum Gasteiger partial charge on any atom is -0.334 e. The van der Waals surface area contributed by atoms with Gasteiger partial charge in [0.1, 0.15) is 6.04 Å². The Kier molecular flexibility index (Phi) is 3.51. The minimum absolute atomic E-state index is 0.0668. The first kappa shape index (κ1) is 14.4. The van der Waals surface area contributed by atoms with Crippen molar-refractivity contribution in [2.45, 2.75) is 32.0 Å². The van der Waals surface area contributed by atoms with Gasteiger partial charge in [-0.15, -0.1) is 0 Å². The molecule has 2 aliphatic rings. The molecule has 0 bridgehead atoms. The monoisotopic (exact) mass is 309 g/mol. The lowest BCUT2D eigenvalue weighted by Gasteiger charge is -2.16. The molecule has 1 saturated heterocycles. The molecule has 0 unspecified atom stereocenters. The van der Waals surface area contributed by atoms with E-state index in [-0.39, 0.29) is 31.8 Å². The van der Waals surface area contributed by atoms with Crippen LogP contribution in [0.5, 0.6) is 0 Å². The molecule has 0 radical (unpaired) electrons. The Morgan fingerprint density at radius 2 is 1.77 bits per heavy atom.